The number of nitrogens with zero attached hydrogens (tertiary/aromatic N) is 3. The molecular weight excluding hydrogens is 623 g/mol. The quantitative estimate of drug-likeness (QED) is 0.186. The summed E-state index contributed by atoms with van der Waals surface area (Å²) < 4.78 is 6.43. The molecule has 238 valence electrons. The molecule has 0 bridgehead atoms. The summed E-state index contributed by atoms with van der Waals surface area (Å²) in [4.78, 5) is 15.6. The van der Waals surface area contributed by atoms with Crippen molar-refractivity contribution in [1.29, 1.82) is 0 Å². The fraction of sp³-hybridized carbons (Fsp3) is 0. The number of fused-ring (bicyclic) bond motifs is 5. The molecule has 0 N–H and O–H groups in total. The lowest BCUT2D eigenvalue weighted by Crippen LogP contribution is -2.01. The minimum atomic E-state index is 0.595. The summed E-state index contributed by atoms with van der Waals surface area (Å²) in [6.07, 6.45) is 0. The Balaban J connectivity index is 1.22. The van der Waals surface area contributed by atoms with Gasteiger partial charge < -0.3 is 4.42 Å². The summed E-state index contributed by atoms with van der Waals surface area (Å²) in [5, 5.41) is 6.79. The predicted octanol–water partition coefficient (Wildman–Crippen LogP) is 12.4. The van der Waals surface area contributed by atoms with E-state index in [9.17, 15) is 0 Å². The van der Waals surface area contributed by atoms with Crippen molar-refractivity contribution in [3.05, 3.63) is 176 Å². The zero-order valence-corrected chi connectivity index (χ0v) is 27.5. The van der Waals surface area contributed by atoms with Crippen LogP contribution in [0.1, 0.15) is 0 Å². The number of furan rings is 1. The highest BCUT2D eigenvalue weighted by Crippen LogP contribution is 2.44. The summed E-state index contributed by atoms with van der Waals surface area (Å²) in [6.45, 7) is 0. The van der Waals surface area contributed by atoms with Crippen molar-refractivity contribution >= 4 is 43.5 Å². The SMILES string of the molecule is c1ccc(-c2nc(-c3ccc(-c4ccc5ccccc5c4)cc3)nc(-c3c(-c4cccc5ccccc45)ccc4oc5ccccc5c34)n2)cc1. The van der Waals surface area contributed by atoms with Gasteiger partial charge in [0.15, 0.2) is 17.5 Å². The second-order valence-corrected chi connectivity index (χ2v) is 12.8. The molecule has 2 heterocycles. The summed E-state index contributed by atoms with van der Waals surface area (Å²) >= 11 is 0. The minimum Gasteiger partial charge on any atom is -0.456 e. The highest BCUT2D eigenvalue weighted by atomic mass is 16.3. The summed E-state index contributed by atoms with van der Waals surface area (Å²) in [5.41, 5.74) is 8.82. The largest absolute Gasteiger partial charge is 0.456 e. The Morgan fingerprint density at radius 3 is 1.76 bits per heavy atom. The van der Waals surface area contributed by atoms with Crippen LogP contribution in [0.4, 0.5) is 0 Å². The van der Waals surface area contributed by atoms with Crippen LogP contribution in [0.15, 0.2) is 180 Å². The van der Waals surface area contributed by atoms with Crippen LogP contribution in [0.3, 0.4) is 0 Å². The van der Waals surface area contributed by atoms with Gasteiger partial charge in [0.05, 0.1) is 0 Å². The number of hydrogen-bond acceptors (Lipinski definition) is 4. The summed E-state index contributed by atoms with van der Waals surface area (Å²) in [6, 6.07) is 61.1. The molecule has 4 nitrogen and oxygen atoms in total. The highest BCUT2D eigenvalue weighted by molar-refractivity contribution is 6.16. The molecule has 51 heavy (non-hydrogen) atoms. The van der Waals surface area contributed by atoms with Gasteiger partial charge in [-0.2, -0.15) is 0 Å². The van der Waals surface area contributed by atoms with E-state index in [-0.39, 0.29) is 0 Å². The van der Waals surface area contributed by atoms with E-state index < -0.39 is 0 Å². The maximum absolute atomic E-state index is 6.43. The van der Waals surface area contributed by atoms with Gasteiger partial charge in [-0.1, -0.05) is 152 Å². The molecule has 0 atom stereocenters. The third-order valence-electron chi connectivity index (χ3n) is 9.74. The standard InChI is InChI=1S/C47H29N3O/c1-2-13-33(14-3-1)45-48-46(34-24-21-31(22-25-34)36-26-23-30-11-4-5-15-35(30)29-36)50-47(49-45)44-39(38-19-10-16-32-12-6-7-17-37(32)38)27-28-42-43(44)40-18-8-9-20-41(40)51-42/h1-29H. The van der Waals surface area contributed by atoms with Gasteiger partial charge in [0.2, 0.25) is 0 Å². The van der Waals surface area contributed by atoms with Crippen LogP contribution in [0, 0.1) is 0 Å². The zero-order chi connectivity index (χ0) is 33.7. The lowest BCUT2D eigenvalue weighted by atomic mass is 9.91. The van der Waals surface area contributed by atoms with Gasteiger partial charge >= 0.3 is 0 Å². The van der Waals surface area contributed by atoms with E-state index in [0.717, 1.165) is 60.7 Å². The molecule has 0 fully saturated rings. The molecule has 0 aliphatic rings. The predicted molar refractivity (Wildman–Crippen MR) is 209 cm³/mol. The second-order valence-electron chi connectivity index (χ2n) is 12.8. The number of aromatic nitrogens is 3. The minimum absolute atomic E-state index is 0.595. The van der Waals surface area contributed by atoms with Crippen LogP contribution in [0.25, 0.3) is 99.9 Å². The van der Waals surface area contributed by atoms with Crippen LogP contribution in [-0.2, 0) is 0 Å². The molecule has 0 saturated carbocycles. The Morgan fingerprint density at radius 2 is 0.941 bits per heavy atom. The summed E-state index contributed by atoms with van der Waals surface area (Å²) in [7, 11) is 0. The molecule has 0 aliphatic carbocycles. The maximum atomic E-state index is 6.43. The molecular formula is C47H29N3O. The van der Waals surface area contributed by atoms with Gasteiger partial charge in [0.25, 0.3) is 0 Å². The van der Waals surface area contributed by atoms with Gasteiger partial charge in [0.1, 0.15) is 11.2 Å². The smallest absolute Gasteiger partial charge is 0.165 e. The van der Waals surface area contributed by atoms with Crippen molar-refractivity contribution in [2.24, 2.45) is 0 Å². The molecule has 0 radical (unpaired) electrons. The number of benzene rings is 8. The molecule has 0 spiro atoms. The van der Waals surface area contributed by atoms with E-state index in [2.05, 4.69) is 133 Å². The maximum Gasteiger partial charge on any atom is 0.165 e. The molecule has 4 heteroatoms. The van der Waals surface area contributed by atoms with Gasteiger partial charge in [-0.3, -0.25) is 0 Å². The van der Waals surface area contributed by atoms with Crippen molar-refractivity contribution in [3.63, 3.8) is 0 Å². The lowest BCUT2D eigenvalue weighted by molar-refractivity contribution is 0.669. The zero-order valence-electron chi connectivity index (χ0n) is 27.5. The average Bonchev–Trinajstić information content (AvgIpc) is 3.59. The van der Waals surface area contributed by atoms with Crippen LogP contribution in [0.2, 0.25) is 0 Å². The molecule has 8 aromatic carbocycles. The first-order valence-electron chi connectivity index (χ1n) is 17.1. The van der Waals surface area contributed by atoms with Gasteiger partial charge in [-0.25, -0.2) is 15.0 Å². The fourth-order valence-electron chi connectivity index (χ4n) is 7.25. The molecule has 0 saturated heterocycles. The van der Waals surface area contributed by atoms with Crippen molar-refractivity contribution in [2.75, 3.05) is 0 Å². The molecule has 0 aliphatic heterocycles. The van der Waals surface area contributed by atoms with E-state index >= 15 is 0 Å². The van der Waals surface area contributed by atoms with Crippen molar-refractivity contribution < 1.29 is 4.42 Å². The second kappa shape index (κ2) is 11.9. The molecule has 0 amide bonds. The highest BCUT2D eigenvalue weighted by Gasteiger charge is 2.22. The average molecular weight is 652 g/mol. The van der Waals surface area contributed by atoms with E-state index in [1.807, 2.05) is 42.5 Å². The Morgan fingerprint density at radius 1 is 0.333 bits per heavy atom. The number of hydrogen-bond donors (Lipinski definition) is 0. The third kappa shape index (κ3) is 5.04. The van der Waals surface area contributed by atoms with Crippen LogP contribution in [-0.4, -0.2) is 15.0 Å². The van der Waals surface area contributed by atoms with Gasteiger partial charge in [-0.05, 0) is 68.1 Å². The van der Waals surface area contributed by atoms with Gasteiger partial charge in [-0.15, -0.1) is 0 Å². The third-order valence-corrected chi connectivity index (χ3v) is 9.74. The normalized spacial score (nSPS) is 11.5. The monoisotopic (exact) mass is 651 g/mol. The van der Waals surface area contributed by atoms with Crippen LogP contribution in [0.5, 0.6) is 0 Å². The molecule has 10 rings (SSSR count). The van der Waals surface area contributed by atoms with Crippen molar-refractivity contribution in [1.82, 2.24) is 15.0 Å². The van der Waals surface area contributed by atoms with E-state index in [1.54, 1.807) is 0 Å². The van der Waals surface area contributed by atoms with Gasteiger partial charge in [0, 0.05) is 27.5 Å². The molecule has 0 unspecified atom stereocenters. The molecule has 2 aromatic heterocycles. The van der Waals surface area contributed by atoms with Crippen molar-refractivity contribution in [3.8, 4) is 56.4 Å². The lowest BCUT2D eigenvalue weighted by Gasteiger charge is -2.15. The Labute approximate surface area is 294 Å². The molecule has 10 aromatic rings. The van der Waals surface area contributed by atoms with E-state index in [4.69, 9.17) is 19.4 Å². The number of rotatable bonds is 5. The first kappa shape index (κ1) is 29.0. The Bertz CT molecular complexity index is 2900. The Kier molecular flexibility index (Phi) is 6.78. The van der Waals surface area contributed by atoms with Crippen LogP contribution >= 0.6 is 0 Å². The van der Waals surface area contributed by atoms with Crippen molar-refractivity contribution in [2.45, 2.75) is 0 Å². The first-order chi connectivity index (χ1) is 25.3. The van der Waals surface area contributed by atoms with Crippen LogP contribution < -0.4 is 0 Å². The van der Waals surface area contributed by atoms with E-state index in [1.165, 1.54) is 21.7 Å². The first-order valence-corrected chi connectivity index (χ1v) is 17.1. The summed E-state index contributed by atoms with van der Waals surface area (Å²) in [5.74, 6) is 1.82. The number of para-hydroxylation sites is 1. The Hall–Kier alpha value is -6.91. The van der Waals surface area contributed by atoms with E-state index in [0.29, 0.717) is 17.5 Å². The fourth-order valence-corrected chi connectivity index (χ4v) is 7.25. The topological polar surface area (TPSA) is 51.8 Å².